The SMILES string of the molecule is CC(C)N1C(=O)OC[C@@H]1Cc1ccccc1.CC(C)N1C(=O)OC[C@@H]1c1ccccc1.CC(C)N1C(=O)O[C@H](c2ccccc2)[C@@H]1C.CC(C)[C@@H]1N(C(C)C)C(=O)OC1(C)C.CC(C)[C@H]1COC(=O)N1C(C)C. The molecule has 15 nitrogen and oxygen atoms in total. The maximum absolute atomic E-state index is 11.7. The largest absolute Gasteiger partial charge is 0.447 e. The summed E-state index contributed by atoms with van der Waals surface area (Å²) in [5.41, 5.74) is 3.08. The number of nitrogens with zero attached hydrogens (tertiary/aromatic N) is 5. The molecule has 0 saturated carbocycles. The molecule has 6 atom stereocenters. The van der Waals surface area contributed by atoms with Crippen molar-refractivity contribution in [3.63, 3.8) is 0 Å². The summed E-state index contributed by atoms with van der Waals surface area (Å²) < 4.78 is 26.0. The van der Waals surface area contributed by atoms with E-state index in [9.17, 15) is 24.0 Å². The number of carbonyl (C=O) groups is 5. The number of carbonyl (C=O) groups excluding carboxylic acids is 5. The number of benzene rings is 3. The number of amides is 5. The molecule has 0 radical (unpaired) electrons. The van der Waals surface area contributed by atoms with E-state index in [1.54, 1.807) is 9.80 Å². The van der Waals surface area contributed by atoms with Gasteiger partial charge in [0, 0.05) is 30.2 Å². The van der Waals surface area contributed by atoms with Crippen molar-refractivity contribution >= 4 is 30.5 Å². The molecule has 8 rings (SSSR count). The fourth-order valence-corrected chi connectivity index (χ4v) is 10.3. The molecule has 5 fully saturated rings. The van der Waals surface area contributed by atoms with Gasteiger partial charge in [0.2, 0.25) is 0 Å². The predicted octanol–water partition coefficient (Wildman–Crippen LogP) is 12.5. The van der Waals surface area contributed by atoms with Crippen molar-refractivity contribution in [3.8, 4) is 0 Å². The maximum Gasteiger partial charge on any atom is 0.411 e. The van der Waals surface area contributed by atoms with Crippen molar-refractivity contribution in [2.45, 2.75) is 196 Å². The lowest BCUT2D eigenvalue weighted by Gasteiger charge is -2.34. The van der Waals surface area contributed by atoms with Gasteiger partial charge in [0.25, 0.3) is 0 Å². The Hall–Kier alpha value is -5.99. The van der Waals surface area contributed by atoms with Crippen LogP contribution in [0.2, 0.25) is 0 Å². The second-order valence-electron chi connectivity index (χ2n) is 21.9. The summed E-state index contributed by atoms with van der Waals surface area (Å²) in [6.45, 7) is 36.1. The Bertz CT molecular complexity index is 2200. The van der Waals surface area contributed by atoms with Crippen LogP contribution >= 0.6 is 0 Å². The second-order valence-corrected chi connectivity index (χ2v) is 21.9. The first kappa shape index (κ1) is 59.6. The number of cyclic esters (lactones) is 5. The van der Waals surface area contributed by atoms with Crippen LogP contribution in [-0.2, 0) is 30.1 Å². The van der Waals surface area contributed by atoms with E-state index in [4.69, 9.17) is 23.7 Å². The van der Waals surface area contributed by atoms with Gasteiger partial charge in [-0.15, -0.1) is 0 Å². The minimum Gasteiger partial charge on any atom is -0.447 e. The van der Waals surface area contributed by atoms with Crippen LogP contribution < -0.4 is 0 Å². The molecule has 0 spiro atoms. The van der Waals surface area contributed by atoms with Crippen molar-refractivity contribution in [2.24, 2.45) is 11.8 Å². The highest BCUT2D eigenvalue weighted by molar-refractivity contribution is 5.73. The number of rotatable bonds is 11. The molecule has 0 aliphatic carbocycles. The van der Waals surface area contributed by atoms with E-state index in [-0.39, 0.29) is 103 Å². The van der Waals surface area contributed by atoms with E-state index >= 15 is 0 Å². The van der Waals surface area contributed by atoms with E-state index < -0.39 is 0 Å². The number of hydrogen-bond donors (Lipinski definition) is 0. The first-order chi connectivity index (χ1) is 34.3. The standard InChI is InChI=1S/2C13H17NO2.C12H15NO2.C11H21NO2.C9H17NO2/c1-9(2)14-10(3)12(16-13(14)15)11-7-5-4-6-8-11;1-10(2)14-12(9-16-13(14)15)8-11-6-4-3-5-7-11;1-9(2)13-11(8-15-12(13)14)10-6-4-3-5-7-10;1-7(2)9-11(5,6)14-10(13)12(9)8(3)4;1-6(2)8-5-12-9(11)10(8)7(3)4/h4-10,12H,1-3H3;3-7,10,12H,8-9H2,1-2H3;3-7,9,11H,8H2,1-2H3;7-9H,1-6H3;6-8H,5H2,1-4H3/t10-,12-;12-;11-;9-;8-/m00101/s1. The Morgan fingerprint density at radius 2 is 0.918 bits per heavy atom. The first-order valence-electron chi connectivity index (χ1n) is 26.3. The molecule has 73 heavy (non-hydrogen) atoms. The summed E-state index contributed by atoms with van der Waals surface area (Å²) in [6.07, 6.45) is -0.222. The van der Waals surface area contributed by atoms with Gasteiger partial charge in [-0.2, -0.15) is 0 Å². The number of ether oxygens (including phenoxy) is 5. The Labute approximate surface area is 436 Å². The molecular weight excluding hydrogens is 927 g/mol. The van der Waals surface area contributed by atoms with Crippen LogP contribution in [0.3, 0.4) is 0 Å². The monoisotopic (exact) mass is 1010 g/mol. The summed E-state index contributed by atoms with van der Waals surface area (Å²) in [5.74, 6) is 0.887. The molecule has 5 aliphatic heterocycles. The van der Waals surface area contributed by atoms with Gasteiger partial charge in [0.15, 0.2) is 0 Å². The van der Waals surface area contributed by atoms with E-state index in [2.05, 4.69) is 39.8 Å². The summed E-state index contributed by atoms with van der Waals surface area (Å²) in [6, 6.07) is 31.9. The van der Waals surface area contributed by atoms with Crippen LogP contribution in [0.5, 0.6) is 0 Å². The van der Waals surface area contributed by atoms with E-state index in [0.29, 0.717) is 31.7 Å². The Balaban J connectivity index is 0.000000199. The molecule has 3 aromatic carbocycles. The van der Waals surface area contributed by atoms with Crippen LogP contribution in [0, 0.1) is 11.8 Å². The predicted molar refractivity (Wildman–Crippen MR) is 285 cm³/mol. The van der Waals surface area contributed by atoms with E-state index in [0.717, 1.165) is 17.5 Å². The van der Waals surface area contributed by atoms with Crippen LogP contribution in [-0.4, -0.2) is 135 Å². The zero-order chi connectivity index (χ0) is 54.5. The quantitative estimate of drug-likeness (QED) is 0.170. The lowest BCUT2D eigenvalue weighted by Crippen LogP contribution is -2.48. The minimum atomic E-state index is -0.366. The van der Waals surface area contributed by atoms with Crippen molar-refractivity contribution in [2.75, 3.05) is 19.8 Å². The topological polar surface area (TPSA) is 148 Å². The van der Waals surface area contributed by atoms with E-state index in [1.807, 2.05) is 184 Å². The first-order valence-corrected chi connectivity index (χ1v) is 26.3. The van der Waals surface area contributed by atoms with Gasteiger partial charge in [-0.3, -0.25) is 24.5 Å². The van der Waals surface area contributed by atoms with Gasteiger partial charge in [-0.1, -0.05) is 119 Å². The van der Waals surface area contributed by atoms with Gasteiger partial charge >= 0.3 is 30.5 Å². The third-order valence-corrected chi connectivity index (χ3v) is 13.6. The van der Waals surface area contributed by atoms with Crippen molar-refractivity contribution in [3.05, 3.63) is 108 Å². The van der Waals surface area contributed by atoms with Crippen molar-refractivity contribution < 1.29 is 47.7 Å². The smallest absolute Gasteiger partial charge is 0.411 e. The average molecular weight is 1010 g/mol. The molecular formula is C58H87N5O10. The maximum atomic E-state index is 11.7. The normalized spacial score (nSPS) is 23.2. The molecule has 5 aliphatic rings. The van der Waals surface area contributed by atoms with Gasteiger partial charge in [0.1, 0.15) is 31.5 Å². The molecule has 0 bridgehead atoms. The second kappa shape index (κ2) is 26.8. The Morgan fingerprint density at radius 3 is 1.36 bits per heavy atom. The van der Waals surface area contributed by atoms with Gasteiger partial charge in [-0.05, 0) is 125 Å². The average Bonchev–Trinajstić information content (AvgIpc) is 4.13. The molecule has 15 heteroatoms. The zero-order valence-corrected chi connectivity index (χ0v) is 46.8. The third-order valence-electron chi connectivity index (χ3n) is 13.6. The molecule has 5 heterocycles. The summed E-state index contributed by atoms with van der Waals surface area (Å²) in [7, 11) is 0. The highest BCUT2D eigenvalue weighted by Crippen LogP contribution is 2.36. The van der Waals surface area contributed by atoms with Gasteiger partial charge < -0.3 is 23.7 Å². The summed E-state index contributed by atoms with van der Waals surface area (Å²) in [4.78, 5) is 66.7. The highest BCUT2D eigenvalue weighted by atomic mass is 16.6. The fraction of sp³-hybridized carbons (Fsp3) is 0.603. The Kier molecular flexibility index (Phi) is 21.9. The molecule has 0 aromatic heterocycles. The summed E-state index contributed by atoms with van der Waals surface area (Å²) in [5, 5.41) is 0. The lowest BCUT2D eigenvalue weighted by molar-refractivity contribution is 0.0537. The van der Waals surface area contributed by atoms with Crippen LogP contribution in [0.25, 0.3) is 0 Å². The van der Waals surface area contributed by atoms with Gasteiger partial charge in [-0.25, -0.2) is 24.0 Å². The van der Waals surface area contributed by atoms with Crippen LogP contribution in [0.4, 0.5) is 24.0 Å². The molecule has 0 unspecified atom stereocenters. The minimum absolute atomic E-state index is 0.0682. The molecule has 3 aromatic rings. The van der Waals surface area contributed by atoms with Crippen LogP contribution in [0.1, 0.15) is 147 Å². The van der Waals surface area contributed by atoms with Gasteiger partial charge in [0.05, 0.1) is 30.2 Å². The fourth-order valence-electron chi connectivity index (χ4n) is 10.3. The zero-order valence-electron chi connectivity index (χ0n) is 46.8. The third kappa shape index (κ3) is 15.5. The van der Waals surface area contributed by atoms with E-state index in [1.165, 1.54) is 5.56 Å². The molecule has 5 saturated heterocycles. The van der Waals surface area contributed by atoms with Crippen molar-refractivity contribution in [1.29, 1.82) is 0 Å². The Morgan fingerprint density at radius 1 is 0.479 bits per heavy atom. The number of hydrogen-bond acceptors (Lipinski definition) is 10. The lowest BCUT2D eigenvalue weighted by atomic mass is 9.88. The molecule has 0 N–H and O–H groups in total. The highest BCUT2D eigenvalue weighted by Gasteiger charge is 2.50. The van der Waals surface area contributed by atoms with Crippen LogP contribution in [0.15, 0.2) is 91.0 Å². The summed E-state index contributed by atoms with van der Waals surface area (Å²) >= 11 is 0. The van der Waals surface area contributed by atoms with Crippen molar-refractivity contribution in [1.82, 2.24) is 24.5 Å². The molecule has 5 amide bonds. The molecule has 404 valence electrons.